The minimum atomic E-state index is -1.05. The second-order valence-electron chi connectivity index (χ2n) is 24.4. The van der Waals surface area contributed by atoms with Gasteiger partial charge >= 0.3 is 12.2 Å². The number of primary amides is 1. The first kappa shape index (κ1) is 69.5. The smallest absolute Gasteiger partial charge is 0.407 e. The highest BCUT2D eigenvalue weighted by Crippen LogP contribution is 2.34. The number of alkyl carbamates (subject to hydrolysis) is 1. The van der Waals surface area contributed by atoms with Crippen molar-refractivity contribution in [1.29, 1.82) is 0 Å². The number of carbonyl (C=O) groups is 7. The van der Waals surface area contributed by atoms with Gasteiger partial charge in [-0.15, -0.1) is 10.2 Å². The Morgan fingerprint density at radius 2 is 1.23 bits per heavy atom. The van der Waals surface area contributed by atoms with E-state index in [1.54, 1.807) is 59.5 Å². The number of benzene rings is 5. The number of tetrazole rings is 2. The Morgan fingerprint density at radius 1 is 0.667 bits per heavy atom. The van der Waals surface area contributed by atoms with E-state index in [0.29, 0.717) is 73.9 Å². The van der Waals surface area contributed by atoms with Gasteiger partial charge < -0.3 is 47.1 Å². The minimum absolute atomic E-state index is 0.137. The number of amides is 7. The van der Waals surface area contributed by atoms with E-state index >= 15 is 0 Å². The highest BCUT2D eigenvalue weighted by molar-refractivity contribution is 9.10. The Kier molecular flexibility index (Phi) is 25.2. The Hall–Kier alpha value is -9.43. The van der Waals surface area contributed by atoms with Crippen LogP contribution in [-0.4, -0.2) is 150 Å². The number of hydrogen-bond acceptors (Lipinski definition) is 15. The molecule has 93 heavy (non-hydrogen) atoms. The van der Waals surface area contributed by atoms with Crippen molar-refractivity contribution >= 4 is 69.0 Å². The first-order valence-corrected chi connectivity index (χ1v) is 32.3. The summed E-state index contributed by atoms with van der Waals surface area (Å²) in [5.74, 6) is -0.585. The molecular formula is C67H83BrN16O9. The lowest BCUT2D eigenvalue weighted by molar-refractivity contribution is -0.130. The average molecular weight is 1340 g/mol. The molecule has 2 aliphatic rings. The first-order valence-electron chi connectivity index (χ1n) is 31.5. The van der Waals surface area contributed by atoms with Crippen LogP contribution < -0.4 is 37.2 Å². The highest BCUT2D eigenvalue weighted by Gasteiger charge is 2.37. The lowest BCUT2D eigenvalue weighted by atomic mass is 9.81. The fraction of sp³-hybridized carbons (Fsp3) is 0.418. The Morgan fingerprint density at radius 3 is 1.78 bits per heavy atom. The summed E-state index contributed by atoms with van der Waals surface area (Å²) in [5, 5.41) is 50.9. The topological polar surface area (TPSA) is 351 Å². The minimum Gasteiger partial charge on any atom is -0.465 e. The zero-order valence-electron chi connectivity index (χ0n) is 53.1. The molecule has 5 aromatic carbocycles. The Bertz CT molecular complexity index is 3590. The van der Waals surface area contributed by atoms with E-state index in [-0.39, 0.29) is 60.1 Å². The quantitative estimate of drug-likeness (QED) is 0.0258. The standard InChI is InChI=1S/C38H47N9O5.C29H36BrN7O4/c1-3-47(4-2)20-19-39-35(48)31-10-6-9-30(23-31)29-8-5-7-26(21-29)22-33(42-36(49)28-13-11-25(12-14-28)24-40-38(51)52)37(50)41-32-17-15-27(16-18-32)34-43-45-46-44-34;1-29(2,3)41-28(40)32-17-18-7-9-21(10-8-18)27(39)37(23-13-11-20(12-14-23)26-33-35-36-34-26)24(25(31)38)16-19-5-4-6-22(30)15-19/h5-10,15-18,21,23,25,28,33,40H,3-4,11-14,19-20,22,24H2,1-2H3,(H,39,48)(H,41,50)(H,42,49)(H,51,52)(H,43,44,45,46);4-6,11-15,18,21,24H,7-10,16-17H2,1-3H3,(H2,31,38)(H,32,40)(H,33,34,35,36)/t25-,28-,33-;18-,21-,24-/m00/s1. The van der Waals surface area contributed by atoms with Crippen LogP contribution in [0.5, 0.6) is 0 Å². The second-order valence-corrected chi connectivity index (χ2v) is 25.3. The SMILES string of the molecule is CC(C)(C)OC(=O)NC[C@H]1CC[C@H](C(=O)N(c2ccc(-c3nnn[nH]3)cc2)[C@@H](Cc2cccc(Br)c2)C(N)=O)CC1.CCN(CC)CCNC(=O)c1cccc(-c2cccc(C[C@H](NC(=O)[C@H]3CC[C@H](CNC(=O)O)CC3)C(=O)Nc3ccc(-c4nnn[nH]4)cc3)c2)c1. The maximum Gasteiger partial charge on any atom is 0.407 e. The van der Waals surface area contributed by atoms with Gasteiger partial charge in [0, 0.05) is 83.4 Å². The number of nitrogens with zero attached hydrogens (tertiary/aromatic N) is 8. The zero-order valence-corrected chi connectivity index (χ0v) is 54.7. The number of carboxylic acid groups (broad SMARTS) is 1. The molecule has 2 saturated carbocycles. The number of H-pyrrole nitrogens is 2. The maximum absolute atomic E-state index is 14.1. The number of anilines is 2. The third-order valence-corrected chi connectivity index (χ3v) is 17.2. The van der Waals surface area contributed by atoms with Crippen molar-refractivity contribution in [3.8, 4) is 33.9 Å². The molecule has 0 radical (unpaired) electrons. The molecule has 2 aromatic heterocycles. The maximum atomic E-state index is 14.1. The molecule has 2 atom stereocenters. The summed E-state index contributed by atoms with van der Waals surface area (Å²) in [6, 6.07) is 35.3. The molecule has 0 saturated heterocycles. The van der Waals surface area contributed by atoms with E-state index in [1.165, 1.54) is 0 Å². The van der Waals surface area contributed by atoms with Crippen LogP contribution in [0.15, 0.2) is 126 Å². The number of halogens is 1. The van der Waals surface area contributed by atoms with Crippen LogP contribution in [0.1, 0.15) is 107 Å². The second kappa shape index (κ2) is 33.8. The third kappa shape index (κ3) is 21.1. The van der Waals surface area contributed by atoms with Gasteiger partial charge in [-0.3, -0.25) is 28.9 Å². The number of nitrogens with two attached hydrogens (primary N) is 1. The van der Waals surface area contributed by atoms with Crippen molar-refractivity contribution in [2.75, 3.05) is 49.5 Å². The number of ether oxygens (including phenoxy) is 1. The van der Waals surface area contributed by atoms with Crippen molar-refractivity contribution in [3.05, 3.63) is 142 Å². The van der Waals surface area contributed by atoms with Gasteiger partial charge in [0.05, 0.1) is 0 Å². The summed E-state index contributed by atoms with van der Waals surface area (Å²) < 4.78 is 6.21. The van der Waals surface area contributed by atoms with Gasteiger partial charge in [0.2, 0.25) is 23.6 Å². The van der Waals surface area contributed by atoms with E-state index < -0.39 is 35.8 Å². The molecule has 7 aromatic rings. The molecule has 0 bridgehead atoms. The van der Waals surface area contributed by atoms with Crippen LogP contribution in [0.4, 0.5) is 21.0 Å². The molecule has 7 amide bonds. The summed E-state index contributed by atoms with van der Waals surface area (Å²) in [6.45, 7) is 13.7. The van der Waals surface area contributed by atoms with Crippen LogP contribution in [0.3, 0.4) is 0 Å². The molecule has 25 nitrogen and oxygen atoms in total. The Labute approximate surface area is 549 Å². The molecule has 0 spiro atoms. The lowest BCUT2D eigenvalue weighted by Crippen LogP contribution is -2.52. The van der Waals surface area contributed by atoms with Crippen molar-refractivity contribution in [3.63, 3.8) is 0 Å². The molecule has 0 unspecified atom stereocenters. The van der Waals surface area contributed by atoms with Gasteiger partial charge in [0.1, 0.15) is 17.7 Å². The largest absolute Gasteiger partial charge is 0.465 e. The van der Waals surface area contributed by atoms with Crippen molar-refractivity contribution in [2.45, 2.75) is 117 Å². The van der Waals surface area contributed by atoms with Gasteiger partial charge in [0.25, 0.3) is 5.91 Å². The monoisotopic (exact) mass is 1330 g/mol. The number of likely N-dealkylation sites (N-methyl/N-ethyl adjacent to an activating group) is 1. The van der Waals surface area contributed by atoms with Gasteiger partial charge in [-0.2, -0.15) is 0 Å². The number of rotatable bonds is 25. The number of aromatic nitrogens is 8. The lowest BCUT2D eigenvalue weighted by Gasteiger charge is -2.36. The summed E-state index contributed by atoms with van der Waals surface area (Å²) in [7, 11) is 0. The van der Waals surface area contributed by atoms with Crippen LogP contribution in [0.25, 0.3) is 33.9 Å². The van der Waals surface area contributed by atoms with Crippen molar-refractivity contribution in [1.82, 2.24) is 67.4 Å². The fourth-order valence-corrected chi connectivity index (χ4v) is 12.0. The van der Waals surface area contributed by atoms with Crippen LogP contribution in [0.2, 0.25) is 0 Å². The van der Waals surface area contributed by atoms with Crippen molar-refractivity contribution < 1.29 is 43.4 Å². The zero-order chi connectivity index (χ0) is 66.4. The molecule has 0 aliphatic heterocycles. The number of carbonyl (C=O) groups excluding carboxylic acids is 6. The van der Waals surface area contributed by atoms with Gasteiger partial charge in [-0.1, -0.05) is 78.3 Å². The predicted molar refractivity (Wildman–Crippen MR) is 355 cm³/mol. The predicted octanol–water partition coefficient (Wildman–Crippen LogP) is 8.74. The van der Waals surface area contributed by atoms with E-state index in [0.717, 1.165) is 83.2 Å². The summed E-state index contributed by atoms with van der Waals surface area (Å²) >= 11 is 3.48. The molecule has 2 fully saturated rings. The van der Waals surface area contributed by atoms with Crippen LogP contribution in [0, 0.1) is 23.7 Å². The van der Waals surface area contributed by atoms with Crippen LogP contribution >= 0.6 is 15.9 Å². The van der Waals surface area contributed by atoms with Gasteiger partial charge in [-0.25, -0.2) is 19.8 Å². The molecule has 2 heterocycles. The number of nitrogens with one attached hydrogen (secondary N) is 7. The molecule has 9 rings (SSSR count). The van der Waals surface area contributed by atoms with E-state index in [2.05, 4.69) is 103 Å². The molecule has 10 N–H and O–H groups in total. The van der Waals surface area contributed by atoms with Crippen molar-refractivity contribution in [2.24, 2.45) is 29.4 Å². The first-order chi connectivity index (χ1) is 44.7. The molecular weight excluding hydrogens is 1250 g/mol. The molecule has 26 heteroatoms. The number of aromatic amines is 2. The van der Waals surface area contributed by atoms with E-state index in [1.807, 2.05) is 87.5 Å². The summed E-state index contributed by atoms with van der Waals surface area (Å²) in [6.07, 6.45) is 4.48. The Balaban J connectivity index is 0.000000246. The molecule has 2 aliphatic carbocycles. The van der Waals surface area contributed by atoms with Crippen LogP contribution in [-0.2, 0) is 36.8 Å². The normalized spacial score (nSPS) is 16.9. The molecule has 492 valence electrons. The van der Waals surface area contributed by atoms with E-state index in [4.69, 9.17) is 15.6 Å². The highest BCUT2D eigenvalue weighted by atomic mass is 79.9. The third-order valence-electron chi connectivity index (χ3n) is 16.7. The van der Waals surface area contributed by atoms with Gasteiger partial charge in [-0.05, 0) is 213 Å². The summed E-state index contributed by atoms with van der Waals surface area (Å²) in [4.78, 5) is 94.2. The fourth-order valence-electron chi connectivity index (χ4n) is 11.6. The van der Waals surface area contributed by atoms with Gasteiger partial charge in [0.15, 0.2) is 11.6 Å². The van der Waals surface area contributed by atoms with E-state index in [9.17, 15) is 33.6 Å². The average Bonchev–Trinajstić information content (AvgIpc) is 1.36. The summed E-state index contributed by atoms with van der Waals surface area (Å²) in [5.41, 5.74) is 12.0. The number of hydrogen-bond donors (Lipinski definition) is 9.